The van der Waals surface area contributed by atoms with Crippen LogP contribution in [0.25, 0.3) is 11.4 Å². The molecule has 0 aliphatic heterocycles. The van der Waals surface area contributed by atoms with Gasteiger partial charge in [-0.15, -0.1) is 0 Å². The van der Waals surface area contributed by atoms with Crippen LogP contribution in [0.2, 0.25) is 10.0 Å². The first-order valence-corrected chi connectivity index (χ1v) is 7.89. The molecule has 2 aromatic rings. The van der Waals surface area contributed by atoms with Crippen molar-refractivity contribution in [1.82, 2.24) is 9.97 Å². The smallest absolute Gasteiger partial charge is 0.163 e. The van der Waals surface area contributed by atoms with Gasteiger partial charge in [-0.05, 0) is 38.0 Å². The Balaban J connectivity index is 2.54. The molecule has 0 atom stereocenters. The van der Waals surface area contributed by atoms with Crippen LogP contribution in [0.5, 0.6) is 0 Å². The van der Waals surface area contributed by atoms with Crippen LogP contribution in [0.15, 0.2) is 18.2 Å². The van der Waals surface area contributed by atoms with E-state index in [1.165, 1.54) is 0 Å². The SMILES string of the molecule is CCCNc1nc(-c2cc(Cl)ccc2Cl)nc(C)c1CC. The molecule has 0 unspecified atom stereocenters. The molecule has 0 saturated heterocycles. The lowest BCUT2D eigenvalue weighted by molar-refractivity contribution is 0.938. The van der Waals surface area contributed by atoms with Crippen LogP contribution < -0.4 is 5.32 Å². The molecule has 3 nitrogen and oxygen atoms in total. The molecule has 21 heavy (non-hydrogen) atoms. The van der Waals surface area contributed by atoms with Gasteiger partial charge in [0.2, 0.25) is 0 Å². The summed E-state index contributed by atoms with van der Waals surface area (Å²) < 4.78 is 0. The molecule has 0 aliphatic carbocycles. The van der Waals surface area contributed by atoms with E-state index in [-0.39, 0.29) is 0 Å². The summed E-state index contributed by atoms with van der Waals surface area (Å²) in [7, 11) is 0. The molecule has 0 bridgehead atoms. The molecular weight excluding hydrogens is 305 g/mol. The van der Waals surface area contributed by atoms with E-state index in [4.69, 9.17) is 23.2 Å². The van der Waals surface area contributed by atoms with E-state index < -0.39 is 0 Å². The summed E-state index contributed by atoms with van der Waals surface area (Å²) in [6.07, 6.45) is 1.93. The summed E-state index contributed by atoms with van der Waals surface area (Å²) in [5.74, 6) is 1.49. The molecule has 0 aliphatic rings. The number of nitrogens with one attached hydrogen (secondary N) is 1. The van der Waals surface area contributed by atoms with Gasteiger partial charge in [-0.25, -0.2) is 9.97 Å². The van der Waals surface area contributed by atoms with Gasteiger partial charge in [-0.1, -0.05) is 37.0 Å². The van der Waals surface area contributed by atoms with Crippen molar-refractivity contribution < 1.29 is 0 Å². The van der Waals surface area contributed by atoms with Crippen LogP contribution >= 0.6 is 23.2 Å². The Kier molecular flexibility index (Phi) is 5.43. The normalized spacial score (nSPS) is 10.7. The van der Waals surface area contributed by atoms with E-state index in [1.807, 2.05) is 6.92 Å². The lowest BCUT2D eigenvalue weighted by Crippen LogP contribution is -2.09. The Labute approximate surface area is 135 Å². The highest BCUT2D eigenvalue weighted by molar-refractivity contribution is 6.35. The third-order valence-corrected chi connectivity index (χ3v) is 3.84. The third-order valence-electron chi connectivity index (χ3n) is 3.28. The quantitative estimate of drug-likeness (QED) is 0.827. The van der Waals surface area contributed by atoms with Crippen LogP contribution in [-0.2, 0) is 6.42 Å². The van der Waals surface area contributed by atoms with Crippen LogP contribution in [0.3, 0.4) is 0 Å². The fourth-order valence-corrected chi connectivity index (χ4v) is 2.57. The van der Waals surface area contributed by atoms with Gasteiger partial charge >= 0.3 is 0 Å². The Morgan fingerprint density at radius 3 is 2.57 bits per heavy atom. The predicted octanol–water partition coefficient (Wildman–Crippen LogP) is 5.14. The first-order chi connectivity index (χ1) is 10.1. The van der Waals surface area contributed by atoms with E-state index in [0.29, 0.717) is 15.9 Å². The van der Waals surface area contributed by atoms with Crippen molar-refractivity contribution in [1.29, 1.82) is 0 Å². The Morgan fingerprint density at radius 2 is 1.90 bits per heavy atom. The van der Waals surface area contributed by atoms with Gasteiger partial charge in [0.15, 0.2) is 5.82 Å². The number of anilines is 1. The van der Waals surface area contributed by atoms with Gasteiger partial charge < -0.3 is 5.32 Å². The van der Waals surface area contributed by atoms with Crippen molar-refractivity contribution in [3.8, 4) is 11.4 Å². The molecule has 0 amide bonds. The average Bonchev–Trinajstić information content (AvgIpc) is 2.47. The van der Waals surface area contributed by atoms with Gasteiger partial charge in [0.25, 0.3) is 0 Å². The first-order valence-electron chi connectivity index (χ1n) is 7.13. The summed E-state index contributed by atoms with van der Waals surface area (Å²) in [6.45, 7) is 7.11. The zero-order valence-electron chi connectivity index (χ0n) is 12.5. The molecule has 0 radical (unpaired) electrons. The molecule has 0 fully saturated rings. The Morgan fingerprint density at radius 1 is 1.14 bits per heavy atom. The number of halogens is 2. The van der Waals surface area contributed by atoms with Crippen molar-refractivity contribution >= 4 is 29.0 Å². The molecule has 0 saturated carbocycles. The minimum Gasteiger partial charge on any atom is -0.370 e. The number of aryl methyl sites for hydroxylation is 1. The third kappa shape index (κ3) is 3.66. The zero-order chi connectivity index (χ0) is 15.4. The van der Waals surface area contributed by atoms with Gasteiger partial charge in [-0.2, -0.15) is 0 Å². The van der Waals surface area contributed by atoms with Crippen LogP contribution in [0, 0.1) is 6.92 Å². The van der Waals surface area contributed by atoms with Crippen LogP contribution in [-0.4, -0.2) is 16.5 Å². The van der Waals surface area contributed by atoms with Crippen molar-refractivity contribution in [2.24, 2.45) is 0 Å². The standard InChI is InChI=1S/C16H19Cl2N3/c1-4-8-19-15-12(5-2)10(3)20-16(21-15)13-9-11(17)6-7-14(13)18/h6-7,9H,4-5,8H2,1-3H3,(H,19,20,21). The fourth-order valence-electron chi connectivity index (χ4n) is 2.20. The second-order valence-corrected chi connectivity index (χ2v) is 5.71. The minimum atomic E-state index is 0.601. The van der Waals surface area contributed by atoms with E-state index in [0.717, 1.165) is 42.0 Å². The zero-order valence-corrected chi connectivity index (χ0v) is 14.0. The molecule has 1 heterocycles. The Bertz CT molecular complexity index is 642. The van der Waals surface area contributed by atoms with E-state index >= 15 is 0 Å². The summed E-state index contributed by atoms with van der Waals surface area (Å²) in [5.41, 5.74) is 2.87. The van der Waals surface area contributed by atoms with Crippen molar-refractivity contribution in [2.75, 3.05) is 11.9 Å². The van der Waals surface area contributed by atoms with Gasteiger partial charge in [0.05, 0.1) is 5.02 Å². The maximum Gasteiger partial charge on any atom is 0.163 e. The molecule has 1 N–H and O–H groups in total. The second-order valence-electron chi connectivity index (χ2n) is 4.86. The molecule has 1 aromatic heterocycles. The maximum absolute atomic E-state index is 6.25. The predicted molar refractivity (Wildman–Crippen MR) is 90.4 cm³/mol. The topological polar surface area (TPSA) is 37.8 Å². The lowest BCUT2D eigenvalue weighted by Gasteiger charge is -2.14. The minimum absolute atomic E-state index is 0.601. The molecule has 5 heteroatoms. The molecular formula is C16H19Cl2N3. The highest BCUT2D eigenvalue weighted by atomic mass is 35.5. The van der Waals surface area contributed by atoms with Crippen molar-refractivity contribution in [2.45, 2.75) is 33.6 Å². The highest BCUT2D eigenvalue weighted by Crippen LogP contribution is 2.30. The summed E-state index contributed by atoms with van der Waals surface area (Å²) in [4.78, 5) is 9.24. The number of hydrogen-bond donors (Lipinski definition) is 1. The second kappa shape index (κ2) is 7.10. The van der Waals surface area contributed by atoms with E-state index in [1.54, 1.807) is 18.2 Å². The van der Waals surface area contributed by atoms with Crippen molar-refractivity contribution in [3.63, 3.8) is 0 Å². The number of nitrogens with zero attached hydrogens (tertiary/aromatic N) is 2. The van der Waals surface area contributed by atoms with E-state index in [2.05, 4.69) is 29.1 Å². The average molecular weight is 324 g/mol. The Hall–Kier alpha value is -1.32. The fraction of sp³-hybridized carbons (Fsp3) is 0.375. The molecule has 2 rings (SSSR count). The van der Waals surface area contributed by atoms with Gasteiger partial charge in [0, 0.05) is 28.4 Å². The van der Waals surface area contributed by atoms with Gasteiger partial charge in [-0.3, -0.25) is 0 Å². The summed E-state index contributed by atoms with van der Waals surface area (Å²) in [5, 5.41) is 4.60. The first kappa shape index (κ1) is 16.1. The van der Waals surface area contributed by atoms with Crippen LogP contribution in [0.4, 0.5) is 5.82 Å². The van der Waals surface area contributed by atoms with Crippen molar-refractivity contribution in [3.05, 3.63) is 39.5 Å². The summed E-state index contributed by atoms with van der Waals surface area (Å²) in [6, 6.07) is 5.33. The lowest BCUT2D eigenvalue weighted by atomic mass is 10.1. The van der Waals surface area contributed by atoms with Gasteiger partial charge in [0.1, 0.15) is 5.82 Å². The molecule has 1 aromatic carbocycles. The number of rotatable bonds is 5. The number of benzene rings is 1. The van der Waals surface area contributed by atoms with Crippen LogP contribution in [0.1, 0.15) is 31.5 Å². The number of aromatic nitrogens is 2. The number of hydrogen-bond acceptors (Lipinski definition) is 3. The highest BCUT2D eigenvalue weighted by Gasteiger charge is 2.13. The molecule has 0 spiro atoms. The largest absolute Gasteiger partial charge is 0.370 e. The monoisotopic (exact) mass is 323 g/mol. The van der Waals surface area contributed by atoms with E-state index in [9.17, 15) is 0 Å². The maximum atomic E-state index is 6.25. The summed E-state index contributed by atoms with van der Waals surface area (Å²) >= 11 is 12.3. The molecule has 112 valence electrons.